The van der Waals surface area contributed by atoms with Crippen molar-refractivity contribution in [3.63, 3.8) is 0 Å². The normalized spacial score (nSPS) is 23.9. The second kappa shape index (κ2) is 8.81. The van der Waals surface area contributed by atoms with Crippen LogP contribution >= 0.6 is 11.6 Å². The summed E-state index contributed by atoms with van der Waals surface area (Å²) < 4.78 is 7.65. The minimum Gasteiger partial charge on any atom is -0.378 e. The van der Waals surface area contributed by atoms with Crippen molar-refractivity contribution in [1.29, 1.82) is 5.26 Å². The molecule has 3 aliphatic rings. The van der Waals surface area contributed by atoms with Crippen LogP contribution in [0.15, 0.2) is 24.5 Å². The van der Waals surface area contributed by atoms with Gasteiger partial charge >= 0.3 is 0 Å². The maximum Gasteiger partial charge on any atom is 0.227 e. The lowest BCUT2D eigenvalue weighted by atomic mass is 9.87. The third kappa shape index (κ3) is 4.02. The maximum absolute atomic E-state index is 9.40. The number of anilines is 2. The van der Waals surface area contributed by atoms with E-state index in [2.05, 4.69) is 44.0 Å². The fourth-order valence-corrected chi connectivity index (χ4v) is 5.69. The van der Waals surface area contributed by atoms with Gasteiger partial charge in [-0.05, 0) is 69.3 Å². The largest absolute Gasteiger partial charge is 0.378 e. The molecular formula is C25H28ClN7O. The highest BCUT2D eigenvalue weighted by Crippen LogP contribution is 2.38. The number of hydrogen-bond acceptors (Lipinski definition) is 7. The molecule has 2 atom stereocenters. The molecule has 4 heterocycles. The Morgan fingerprint density at radius 3 is 2.74 bits per heavy atom. The van der Waals surface area contributed by atoms with Crippen LogP contribution in [0.5, 0.6) is 0 Å². The SMILES string of the molecule is Cc1c(Nc2ncc3cc(Cl)c(C4CCN(C5COCC5C#N)CC4)cc3n2)cnn1C1CC1. The molecule has 1 N–H and O–H groups in total. The van der Waals surface area contributed by atoms with E-state index < -0.39 is 0 Å². The first-order valence-electron chi connectivity index (χ1n) is 12.1. The van der Waals surface area contributed by atoms with Crippen LogP contribution in [-0.2, 0) is 4.74 Å². The molecule has 2 saturated heterocycles. The van der Waals surface area contributed by atoms with E-state index >= 15 is 0 Å². The van der Waals surface area contributed by atoms with Gasteiger partial charge in [-0.3, -0.25) is 9.58 Å². The summed E-state index contributed by atoms with van der Waals surface area (Å²) in [6, 6.07) is 7.27. The molecule has 8 nitrogen and oxygen atoms in total. The van der Waals surface area contributed by atoms with Crippen LogP contribution in [0, 0.1) is 24.2 Å². The molecule has 1 aliphatic carbocycles. The molecule has 3 fully saturated rings. The van der Waals surface area contributed by atoms with Crippen molar-refractivity contribution in [1.82, 2.24) is 24.6 Å². The van der Waals surface area contributed by atoms with Crippen molar-refractivity contribution in [2.24, 2.45) is 5.92 Å². The topological polar surface area (TPSA) is 91.9 Å². The number of nitriles is 1. The zero-order valence-electron chi connectivity index (χ0n) is 19.2. The highest BCUT2D eigenvalue weighted by atomic mass is 35.5. The molecule has 0 amide bonds. The molecule has 2 unspecified atom stereocenters. The van der Waals surface area contributed by atoms with Gasteiger partial charge in [-0.2, -0.15) is 10.4 Å². The molecule has 34 heavy (non-hydrogen) atoms. The molecule has 1 aromatic carbocycles. The Kier molecular flexibility index (Phi) is 5.64. The average molecular weight is 478 g/mol. The second-order valence-electron chi connectivity index (χ2n) is 9.72. The van der Waals surface area contributed by atoms with Crippen LogP contribution < -0.4 is 5.32 Å². The van der Waals surface area contributed by atoms with Crippen molar-refractivity contribution >= 4 is 34.1 Å². The summed E-state index contributed by atoms with van der Waals surface area (Å²) in [6.07, 6.45) is 8.10. The summed E-state index contributed by atoms with van der Waals surface area (Å²) in [5.74, 6) is 0.919. The number of aromatic nitrogens is 4. The summed E-state index contributed by atoms with van der Waals surface area (Å²) in [5.41, 5.74) is 4.09. The Labute approximate surface area is 203 Å². The minimum absolute atomic E-state index is 0.0246. The van der Waals surface area contributed by atoms with E-state index in [4.69, 9.17) is 21.3 Å². The van der Waals surface area contributed by atoms with E-state index in [9.17, 15) is 5.26 Å². The first-order valence-corrected chi connectivity index (χ1v) is 12.5. The van der Waals surface area contributed by atoms with E-state index in [1.807, 2.05) is 18.5 Å². The second-order valence-corrected chi connectivity index (χ2v) is 10.1. The van der Waals surface area contributed by atoms with Gasteiger partial charge in [0.2, 0.25) is 5.95 Å². The highest BCUT2D eigenvalue weighted by molar-refractivity contribution is 6.32. The molecule has 3 aromatic rings. The molecule has 2 aliphatic heterocycles. The van der Waals surface area contributed by atoms with Crippen molar-refractivity contribution in [3.05, 3.63) is 40.8 Å². The molecule has 0 spiro atoms. The first kappa shape index (κ1) is 21.8. The van der Waals surface area contributed by atoms with E-state index in [-0.39, 0.29) is 12.0 Å². The lowest BCUT2D eigenvalue weighted by molar-refractivity contribution is 0.119. The predicted molar refractivity (Wildman–Crippen MR) is 130 cm³/mol. The molecule has 176 valence electrons. The summed E-state index contributed by atoms with van der Waals surface area (Å²) in [7, 11) is 0. The highest BCUT2D eigenvalue weighted by Gasteiger charge is 2.35. The first-order chi connectivity index (χ1) is 16.6. The molecule has 6 rings (SSSR count). The van der Waals surface area contributed by atoms with E-state index in [0.29, 0.717) is 31.1 Å². The van der Waals surface area contributed by atoms with Gasteiger partial charge in [-0.15, -0.1) is 0 Å². The number of benzene rings is 1. The van der Waals surface area contributed by atoms with Crippen LogP contribution in [-0.4, -0.2) is 57.0 Å². The molecule has 0 bridgehead atoms. The number of halogens is 1. The lowest BCUT2D eigenvalue weighted by Crippen LogP contribution is -2.44. The van der Waals surface area contributed by atoms with E-state index in [1.165, 1.54) is 12.8 Å². The number of rotatable bonds is 5. The van der Waals surface area contributed by atoms with Gasteiger partial charge in [-0.25, -0.2) is 9.97 Å². The van der Waals surface area contributed by atoms with Gasteiger partial charge in [0.05, 0.1) is 60.4 Å². The third-order valence-corrected chi connectivity index (χ3v) is 7.86. The Morgan fingerprint density at radius 2 is 1.97 bits per heavy atom. The minimum atomic E-state index is -0.0246. The van der Waals surface area contributed by atoms with Crippen LogP contribution in [0.4, 0.5) is 11.6 Å². The Balaban J connectivity index is 1.20. The van der Waals surface area contributed by atoms with Crippen LogP contribution in [0.2, 0.25) is 5.02 Å². The third-order valence-electron chi connectivity index (χ3n) is 7.54. The monoisotopic (exact) mass is 477 g/mol. The van der Waals surface area contributed by atoms with Crippen molar-refractivity contribution < 1.29 is 4.74 Å². The van der Waals surface area contributed by atoms with Crippen molar-refractivity contribution in [2.45, 2.75) is 50.6 Å². The molecule has 1 saturated carbocycles. The van der Waals surface area contributed by atoms with Gasteiger partial charge < -0.3 is 10.1 Å². The standard InChI is InChI=1S/C25H28ClN7O/c1-15-23(12-29-33(15)19-2-3-19)31-25-28-11-17-8-21(26)20(9-22(17)30-25)16-4-6-32(7-5-16)24-14-34-13-18(24)10-27/h8-9,11-12,16,18-19,24H,2-7,13-14H2,1H3,(H,28,30,31). The van der Waals surface area contributed by atoms with Gasteiger partial charge in [0.15, 0.2) is 0 Å². The zero-order chi connectivity index (χ0) is 23.2. The number of nitrogens with one attached hydrogen (secondary N) is 1. The quantitative estimate of drug-likeness (QED) is 0.574. The Morgan fingerprint density at radius 1 is 1.15 bits per heavy atom. The summed E-state index contributed by atoms with van der Waals surface area (Å²) in [5, 5.41) is 19.0. The number of nitrogens with zero attached hydrogens (tertiary/aromatic N) is 6. The predicted octanol–water partition coefficient (Wildman–Crippen LogP) is 4.58. The summed E-state index contributed by atoms with van der Waals surface area (Å²) >= 11 is 6.72. The van der Waals surface area contributed by atoms with Crippen molar-refractivity contribution in [2.75, 3.05) is 31.6 Å². The van der Waals surface area contributed by atoms with Crippen LogP contribution in [0.3, 0.4) is 0 Å². The molecule has 9 heteroatoms. The fraction of sp³-hybridized carbons (Fsp3) is 0.520. The zero-order valence-corrected chi connectivity index (χ0v) is 20.0. The average Bonchev–Trinajstić information content (AvgIpc) is 3.47. The van der Waals surface area contributed by atoms with Gasteiger partial charge in [-0.1, -0.05) is 11.6 Å². The number of ether oxygens (including phenoxy) is 1. The van der Waals surface area contributed by atoms with Gasteiger partial charge in [0, 0.05) is 16.6 Å². The Hall–Kier alpha value is -2.73. The maximum atomic E-state index is 9.40. The van der Waals surface area contributed by atoms with Crippen LogP contribution in [0.25, 0.3) is 10.9 Å². The summed E-state index contributed by atoms with van der Waals surface area (Å²) in [6.45, 7) is 5.19. The van der Waals surface area contributed by atoms with E-state index in [1.54, 1.807) is 0 Å². The molecular weight excluding hydrogens is 450 g/mol. The van der Waals surface area contributed by atoms with Crippen molar-refractivity contribution in [3.8, 4) is 6.07 Å². The van der Waals surface area contributed by atoms with Crippen LogP contribution in [0.1, 0.15) is 48.9 Å². The smallest absolute Gasteiger partial charge is 0.227 e. The Bertz CT molecular complexity index is 1260. The molecule has 0 radical (unpaired) electrons. The van der Waals surface area contributed by atoms with E-state index in [0.717, 1.165) is 58.8 Å². The van der Waals surface area contributed by atoms with Gasteiger partial charge in [0.25, 0.3) is 0 Å². The lowest BCUT2D eigenvalue weighted by Gasteiger charge is -2.36. The number of piperidine rings is 1. The van der Waals surface area contributed by atoms with Gasteiger partial charge in [0.1, 0.15) is 0 Å². The number of likely N-dealkylation sites (tertiary alicyclic amines) is 1. The molecule has 2 aromatic heterocycles. The number of fused-ring (bicyclic) bond motifs is 1. The number of hydrogen-bond donors (Lipinski definition) is 1. The fourth-order valence-electron chi connectivity index (χ4n) is 5.36. The summed E-state index contributed by atoms with van der Waals surface area (Å²) in [4.78, 5) is 11.7.